The van der Waals surface area contributed by atoms with E-state index >= 15 is 0 Å². The monoisotopic (exact) mass is 330 g/mol. The first-order valence-corrected chi connectivity index (χ1v) is 8.57. The van der Waals surface area contributed by atoms with Gasteiger partial charge in [-0.05, 0) is 18.9 Å². The average Bonchev–Trinajstić information content (AvgIpc) is 3.35. The Kier molecular flexibility index (Phi) is 4.40. The molecule has 0 radical (unpaired) electrons. The van der Waals surface area contributed by atoms with Crippen molar-refractivity contribution in [1.82, 2.24) is 29.7 Å². The third kappa shape index (κ3) is 3.70. The molecule has 8 nitrogen and oxygen atoms in total. The first-order valence-electron chi connectivity index (χ1n) is 8.57. The first-order chi connectivity index (χ1) is 11.8. The molecule has 3 heterocycles. The summed E-state index contributed by atoms with van der Waals surface area (Å²) in [7, 11) is 0. The molecule has 1 aliphatic carbocycles. The van der Waals surface area contributed by atoms with Crippen molar-refractivity contribution in [1.29, 1.82) is 0 Å². The van der Waals surface area contributed by atoms with Crippen molar-refractivity contribution in [3.63, 3.8) is 0 Å². The Hall–Kier alpha value is -2.06. The van der Waals surface area contributed by atoms with Crippen molar-refractivity contribution < 1.29 is 4.52 Å². The van der Waals surface area contributed by atoms with Gasteiger partial charge in [-0.3, -0.25) is 14.6 Å². The summed E-state index contributed by atoms with van der Waals surface area (Å²) in [4.78, 5) is 20.9. The quantitative estimate of drug-likeness (QED) is 0.754. The second kappa shape index (κ2) is 6.82. The van der Waals surface area contributed by atoms with Gasteiger partial charge in [-0.25, -0.2) is 4.68 Å². The van der Waals surface area contributed by atoms with Gasteiger partial charge >= 0.3 is 0 Å². The molecule has 1 saturated carbocycles. The topological polar surface area (TPSA) is 80.3 Å². The van der Waals surface area contributed by atoms with Crippen molar-refractivity contribution in [3.05, 3.63) is 40.4 Å². The Labute approximate surface area is 140 Å². The van der Waals surface area contributed by atoms with Gasteiger partial charge < -0.3 is 4.52 Å². The smallest absolute Gasteiger partial charge is 0.266 e. The summed E-state index contributed by atoms with van der Waals surface area (Å²) >= 11 is 0. The standard InChI is InChI=1S/C16H22N6O2/c23-15-2-1-5-17-22(15)11-10-20-6-8-21(9-7-20)12-14-18-16(24-19-14)13-3-4-13/h1-2,5,13H,3-4,6-12H2. The lowest BCUT2D eigenvalue weighted by Gasteiger charge is -2.33. The van der Waals surface area contributed by atoms with Crippen LogP contribution in [-0.4, -0.2) is 62.4 Å². The number of hydrogen-bond acceptors (Lipinski definition) is 7. The molecule has 0 unspecified atom stereocenters. The molecule has 0 aromatic carbocycles. The number of piperazine rings is 1. The molecule has 8 heteroatoms. The summed E-state index contributed by atoms with van der Waals surface area (Å²) in [6.07, 6.45) is 4.01. The van der Waals surface area contributed by atoms with E-state index in [4.69, 9.17) is 4.52 Å². The molecule has 1 aliphatic heterocycles. The zero-order valence-electron chi connectivity index (χ0n) is 13.7. The summed E-state index contributed by atoms with van der Waals surface area (Å²) in [5.41, 5.74) is -0.0419. The van der Waals surface area contributed by atoms with Gasteiger partial charge in [0.25, 0.3) is 5.56 Å². The predicted molar refractivity (Wildman–Crippen MR) is 86.5 cm³/mol. The minimum absolute atomic E-state index is 0.0419. The largest absolute Gasteiger partial charge is 0.339 e. The van der Waals surface area contributed by atoms with Crippen LogP contribution in [0.2, 0.25) is 0 Å². The first kappa shape index (κ1) is 15.5. The summed E-state index contributed by atoms with van der Waals surface area (Å²) in [6, 6.07) is 3.22. The van der Waals surface area contributed by atoms with E-state index in [1.807, 2.05) is 0 Å². The van der Waals surface area contributed by atoms with Gasteiger partial charge in [0.05, 0.1) is 13.1 Å². The fourth-order valence-electron chi connectivity index (χ4n) is 2.99. The Morgan fingerprint density at radius 3 is 2.67 bits per heavy atom. The van der Waals surface area contributed by atoms with Crippen LogP contribution in [0, 0.1) is 0 Å². The van der Waals surface area contributed by atoms with Crippen molar-refractivity contribution in [3.8, 4) is 0 Å². The Bertz CT molecular complexity index is 730. The Balaban J connectivity index is 1.23. The van der Waals surface area contributed by atoms with Crippen LogP contribution >= 0.6 is 0 Å². The molecule has 4 rings (SSSR count). The minimum Gasteiger partial charge on any atom is -0.339 e. The summed E-state index contributed by atoms with van der Waals surface area (Å²) in [6.45, 7) is 6.15. The van der Waals surface area contributed by atoms with E-state index in [1.165, 1.54) is 17.5 Å². The zero-order valence-corrected chi connectivity index (χ0v) is 13.7. The summed E-state index contributed by atoms with van der Waals surface area (Å²) in [5, 5.41) is 8.18. The molecule has 0 amide bonds. The van der Waals surface area contributed by atoms with Crippen LogP contribution in [0.15, 0.2) is 27.6 Å². The van der Waals surface area contributed by atoms with Crippen LogP contribution in [-0.2, 0) is 13.1 Å². The number of aromatic nitrogens is 4. The highest BCUT2D eigenvalue weighted by Crippen LogP contribution is 2.38. The van der Waals surface area contributed by atoms with Gasteiger partial charge in [0.1, 0.15) is 0 Å². The van der Waals surface area contributed by atoms with Crippen LogP contribution in [0.3, 0.4) is 0 Å². The molecular weight excluding hydrogens is 308 g/mol. The SMILES string of the molecule is O=c1cccnn1CCN1CCN(Cc2noc(C3CC3)n2)CC1. The van der Waals surface area contributed by atoms with Crippen molar-refractivity contribution in [2.75, 3.05) is 32.7 Å². The maximum absolute atomic E-state index is 11.7. The van der Waals surface area contributed by atoms with Crippen molar-refractivity contribution in [2.45, 2.75) is 31.8 Å². The average molecular weight is 330 g/mol. The van der Waals surface area contributed by atoms with E-state index in [9.17, 15) is 4.79 Å². The van der Waals surface area contributed by atoms with Crippen molar-refractivity contribution >= 4 is 0 Å². The number of nitrogens with zero attached hydrogens (tertiary/aromatic N) is 6. The Morgan fingerprint density at radius 1 is 1.12 bits per heavy atom. The molecule has 0 bridgehead atoms. The highest BCUT2D eigenvalue weighted by atomic mass is 16.5. The van der Waals surface area contributed by atoms with E-state index in [0.29, 0.717) is 12.5 Å². The fourth-order valence-corrected chi connectivity index (χ4v) is 2.99. The zero-order chi connectivity index (χ0) is 16.4. The van der Waals surface area contributed by atoms with Crippen LogP contribution in [0.4, 0.5) is 0 Å². The molecule has 2 fully saturated rings. The normalized spacial score (nSPS) is 19.7. The number of rotatable bonds is 6. The summed E-state index contributed by atoms with van der Waals surface area (Å²) in [5.74, 6) is 2.12. The second-order valence-electron chi connectivity index (χ2n) is 6.53. The third-order valence-corrected chi connectivity index (χ3v) is 4.65. The second-order valence-corrected chi connectivity index (χ2v) is 6.53. The predicted octanol–water partition coefficient (Wildman–Crippen LogP) is 0.322. The highest BCUT2D eigenvalue weighted by Gasteiger charge is 2.30. The fraction of sp³-hybridized carbons (Fsp3) is 0.625. The molecular formula is C16H22N6O2. The lowest BCUT2D eigenvalue weighted by Crippen LogP contribution is -2.47. The van der Waals surface area contributed by atoms with E-state index in [2.05, 4.69) is 25.0 Å². The van der Waals surface area contributed by atoms with E-state index in [-0.39, 0.29) is 5.56 Å². The van der Waals surface area contributed by atoms with Gasteiger partial charge in [0.15, 0.2) is 5.82 Å². The molecule has 24 heavy (non-hydrogen) atoms. The van der Waals surface area contributed by atoms with Gasteiger partial charge in [-0.15, -0.1) is 0 Å². The van der Waals surface area contributed by atoms with Gasteiger partial charge in [0.2, 0.25) is 5.89 Å². The highest BCUT2D eigenvalue weighted by molar-refractivity contribution is 5.01. The van der Waals surface area contributed by atoms with Crippen LogP contribution in [0.1, 0.15) is 30.5 Å². The lowest BCUT2D eigenvalue weighted by atomic mass is 10.3. The number of hydrogen-bond donors (Lipinski definition) is 0. The van der Waals surface area contributed by atoms with Gasteiger partial charge in [-0.1, -0.05) is 5.16 Å². The molecule has 128 valence electrons. The van der Waals surface area contributed by atoms with Gasteiger partial charge in [-0.2, -0.15) is 10.1 Å². The van der Waals surface area contributed by atoms with E-state index < -0.39 is 0 Å². The molecule has 2 aromatic heterocycles. The maximum atomic E-state index is 11.7. The minimum atomic E-state index is -0.0419. The van der Waals surface area contributed by atoms with E-state index in [1.54, 1.807) is 18.3 Å². The third-order valence-electron chi connectivity index (χ3n) is 4.65. The van der Waals surface area contributed by atoms with Gasteiger partial charge in [0, 0.05) is 50.9 Å². The van der Waals surface area contributed by atoms with Crippen LogP contribution < -0.4 is 5.56 Å². The van der Waals surface area contributed by atoms with Crippen molar-refractivity contribution in [2.24, 2.45) is 0 Å². The maximum Gasteiger partial charge on any atom is 0.266 e. The molecule has 2 aliphatic rings. The van der Waals surface area contributed by atoms with Crippen LogP contribution in [0.25, 0.3) is 0 Å². The molecule has 0 N–H and O–H groups in total. The summed E-state index contributed by atoms with van der Waals surface area (Å²) < 4.78 is 6.83. The lowest BCUT2D eigenvalue weighted by molar-refractivity contribution is 0.120. The Morgan fingerprint density at radius 2 is 1.92 bits per heavy atom. The molecule has 1 saturated heterocycles. The van der Waals surface area contributed by atoms with E-state index in [0.717, 1.165) is 51.0 Å². The van der Waals surface area contributed by atoms with Crippen LogP contribution in [0.5, 0.6) is 0 Å². The molecule has 0 atom stereocenters. The molecule has 2 aromatic rings. The molecule has 0 spiro atoms.